The van der Waals surface area contributed by atoms with Gasteiger partial charge in [-0.25, -0.2) is 0 Å². The number of carbonyl (C=O) groups excluding carboxylic acids is 1. The molecule has 1 amide bonds. The highest BCUT2D eigenvalue weighted by Gasteiger charge is 2.34. The van der Waals surface area contributed by atoms with Crippen molar-refractivity contribution < 1.29 is 4.79 Å². The third-order valence-corrected chi connectivity index (χ3v) is 6.93. The number of nitrogens with zero attached hydrogens (tertiary/aromatic N) is 7. The number of tetrazole rings is 1. The van der Waals surface area contributed by atoms with Crippen molar-refractivity contribution in [3.63, 3.8) is 0 Å². The summed E-state index contributed by atoms with van der Waals surface area (Å²) < 4.78 is 1.45. The fraction of sp³-hybridized carbons (Fsp3) is 0.320. The van der Waals surface area contributed by atoms with Crippen LogP contribution in [0.4, 0.5) is 5.82 Å². The van der Waals surface area contributed by atoms with Crippen LogP contribution in [-0.2, 0) is 11.3 Å². The van der Waals surface area contributed by atoms with E-state index in [9.17, 15) is 4.79 Å². The van der Waals surface area contributed by atoms with Crippen LogP contribution in [0.5, 0.6) is 0 Å². The van der Waals surface area contributed by atoms with Gasteiger partial charge in [0.1, 0.15) is 0 Å². The second-order valence-electron chi connectivity index (χ2n) is 8.86. The summed E-state index contributed by atoms with van der Waals surface area (Å²) in [6.45, 7) is 3.01. The number of piperidine rings is 1. The zero-order valence-corrected chi connectivity index (χ0v) is 18.3. The highest BCUT2D eigenvalue weighted by Crippen LogP contribution is 2.35. The lowest BCUT2D eigenvalue weighted by Crippen LogP contribution is -2.45. The minimum absolute atomic E-state index is 0.0414. The maximum absolute atomic E-state index is 13.6. The van der Waals surface area contributed by atoms with Crippen molar-refractivity contribution in [1.82, 2.24) is 30.2 Å². The minimum atomic E-state index is 0.0414. The van der Waals surface area contributed by atoms with Gasteiger partial charge in [-0.1, -0.05) is 54.6 Å². The summed E-state index contributed by atoms with van der Waals surface area (Å²) in [6, 6.07) is 22.9. The molecule has 1 saturated heterocycles. The summed E-state index contributed by atoms with van der Waals surface area (Å²) in [5, 5.41) is 15.9. The molecule has 1 atom stereocenters. The molecule has 2 aliphatic rings. The quantitative estimate of drug-likeness (QED) is 0.488. The number of benzene rings is 2. The van der Waals surface area contributed by atoms with E-state index in [-0.39, 0.29) is 17.7 Å². The van der Waals surface area contributed by atoms with Gasteiger partial charge in [-0.3, -0.25) is 4.79 Å². The van der Waals surface area contributed by atoms with Gasteiger partial charge in [0.2, 0.25) is 5.91 Å². The molecule has 0 N–H and O–H groups in total. The average molecular weight is 440 g/mol. The van der Waals surface area contributed by atoms with E-state index < -0.39 is 0 Å². The van der Waals surface area contributed by atoms with Crippen molar-refractivity contribution in [3.8, 4) is 0 Å². The van der Waals surface area contributed by atoms with Crippen LogP contribution in [0.1, 0.15) is 35.4 Å². The predicted molar refractivity (Wildman–Crippen MR) is 124 cm³/mol. The van der Waals surface area contributed by atoms with Crippen molar-refractivity contribution >= 4 is 17.4 Å². The molecule has 0 bridgehead atoms. The minimum Gasteiger partial charge on any atom is -0.355 e. The van der Waals surface area contributed by atoms with E-state index in [1.807, 2.05) is 18.2 Å². The summed E-state index contributed by atoms with van der Waals surface area (Å²) in [4.78, 5) is 17.9. The highest BCUT2D eigenvalue weighted by atomic mass is 16.2. The number of amides is 1. The Labute approximate surface area is 191 Å². The predicted octanol–water partition coefficient (Wildman–Crippen LogP) is 2.91. The smallest absolute Gasteiger partial charge is 0.226 e. The van der Waals surface area contributed by atoms with E-state index in [1.54, 1.807) is 0 Å². The molecule has 0 unspecified atom stereocenters. The topological polar surface area (TPSA) is 79.5 Å². The van der Waals surface area contributed by atoms with Gasteiger partial charge in [0.15, 0.2) is 11.5 Å². The van der Waals surface area contributed by atoms with Gasteiger partial charge in [-0.15, -0.1) is 14.8 Å². The van der Waals surface area contributed by atoms with Crippen LogP contribution in [0, 0.1) is 5.92 Å². The molecule has 2 aromatic heterocycles. The second-order valence-corrected chi connectivity index (χ2v) is 8.86. The van der Waals surface area contributed by atoms with Crippen LogP contribution < -0.4 is 4.90 Å². The number of anilines is 1. The molecule has 0 saturated carbocycles. The number of carbonyl (C=O) groups is 1. The van der Waals surface area contributed by atoms with Gasteiger partial charge < -0.3 is 9.80 Å². The zero-order chi connectivity index (χ0) is 22.2. The summed E-state index contributed by atoms with van der Waals surface area (Å²) in [7, 11) is 0. The molecule has 6 rings (SSSR count). The maximum Gasteiger partial charge on any atom is 0.226 e. The Morgan fingerprint density at radius 3 is 2.55 bits per heavy atom. The molecule has 2 aliphatic heterocycles. The fourth-order valence-electron chi connectivity index (χ4n) is 5.17. The molecule has 0 aliphatic carbocycles. The lowest BCUT2D eigenvalue weighted by Gasteiger charge is -2.39. The lowest BCUT2D eigenvalue weighted by molar-refractivity contribution is -0.137. The van der Waals surface area contributed by atoms with Crippen LogP contribution in [0.25, 0.3) is 5.65 Å². The summed E-state index contributed by atoms with van der Waals surface area (Å²) >= 11 is 0. The second kappa shape index (κ2) is 8.27. The highest BCUT2D eigenvalue weighted by molar-refractivity contribution is 5.80. The number of fused-ring (bicyclic) bond motifs is 2. The summed E-state index contributed by atoms with van der Waals surface area (Å²) in [6.07, 6.45) is 1.64. The van der Waals surface area contributed by atoms with E-state index in [1.165, 1.54) is 21.3 Å². The monoisotopic (exact) mass is 439 g/mol. The number of rotatable bonds is 3. The molecular formula is C25H25N7O. The van der Waals surface area contributed by atoms with Crippen molar-refractivity contribution in [2.75, 3.05) is 24.5 Å². The first-order valence-corrected chi connectivity index (χ1v) is 11.5. The molecule has 4 heterocycles. The van der Waals surface area contributed by atoms with Gasteiger partial charge in [-0.2, -0.15) is 0 Å². The van der Waals surface area contributed by atoms with Gasteiger partial charge >= 0.3 is 0 Å². The van der Waals surface area contributed by atoms with E-state index in [0.29, 0.717) is 12.2 Å². The van der Waals surface area contributed by atoms with E-state index in [0.717, 1.165) is 38.3 Å². The zero-order valence-electron chi connectivity index (χ0n) is 18.3. The Hall–Kier alpha value is -3.81. The summed E-state index contributed by atoms with van der Waals surface area (Å²) in [5.41, 5.74) is 4.48. The first-order valence-electron chi connectivity index (χ1n) is 11.5. The van der Waals surface area contributed by atoms with Gasteiger partial charge in [-0.05, 0) is 52.1 Å². The third-order valence-electron chi connectivity index (χ3n) is 6.93. The Bertz CT molecular complexity index is 1280. The molecule has 33 heavy (non-hydrogen) atoms. The molecule has 0 spiro atoms. The number of hydrogen-bond donors (Lipinski definition) is 0. The fourth-order valence-corrected chi connectivity index (χ4v) is 5.17. The van der Waals surface area contributed by atoms with Crippen LogP contribution in [0.15, 0.2) is 66.7 Å². The van der Waals surface area contributed by atoms with Crippen molar-refractivity contribution in [1.29, 1.82) is 0 Å². The summed E-state index contributed by atoms with van der Waals surface area (Å²) in [5.74, 6) is 1.37. The average Bonchev–Trinajstić information content (AvgIpc) is 3.36. The molecular weight excluding hydrogens is 414 g/mol. The molecule has 2 aromatic carbocycles. The van der Waals surface area contributed by atoms with Gasteiger partial charge in [0.05, 0.1) is 0 Å². The van der Waals surface area contributed by atoms with Crippen molar-refractivity contribution in [3.05, 3.63) is 83.4 Å². The maximum atomic E-state index is 13.6. The SMILES string of the molecule is O=C(C1CCN(c2ccc3nnnn3n2)CC1)N1Cc2ccccc2[C@@H](c2ccccc2)C1. The molecule has 166 valence electrons. The van der Waals surface area contributed by atoms with E-state index >= 15 is 0 Å². The van der Waals surface area contributed by atoms with E-state index in [4.69, 9.17) is 0 Å². The van der Waals surface area contributed by atoms with Crippen LogP contribution in [-0.4, -0.2) is 55.7 Å². The Morgan fingerprint density at radius 1 is 0.909 bits per heavy atom. The lowest BCUT2D eigenvalue weighted by atomic mass is 9.84. The number of aromatic nitrogens is 5. The first kappa shape index (κ1) is 19.8. The molecule has 8 nitrogen and oxygen atoms in total. The molecule has 1 fully saturated rings. The van der Waals surface area contributed by atoms with Gasteiger partial charge in [0, 0.05) is 38.0 Å². The van der Waals surface area contributed by atoms with Crippen LogP contribution >= 0.6 is 0 Å². The number of hydrogen-bond acceptors (Lipinski definition) is 6. The Morgan fingerprint density at radius 2 is 1.70 bits per heavy atom. The van der Waals surface area contributed by atoms with Crippen molar-refractivity contribution in [2.45, 2.75) is 25.3 Å². The Kier molecular flexibility index (Phi) is 4.97. The normalized spacial score (nSPS) is 19.0. The molecule has 8 heteroatoms. The van der Waals surface area contributed by atoms with Crippen molar-refractivity contribution in [2.24, 2.45) is 5.92 Å². The van der Waals surface area contributed by atoms with Crippen LogP contribution in [0.3, 0.4) is 0 Å². The third kappa shape index (κ3) is 3.71. The van der Waals surface area contributed by atoms with Crippen LogP contribution in [0.2, 0.25) is 0 Å². The molecule has 0 radical (unpaired) electrons. The largest absolute Gasteiger partial charge is 0.355 e. The van der Waals surface area contributed by atoms with Gasteiger partial charge in [0.25, 0.3) is 0 Å². The van der Waals surface area contributed by atoms with E-state index in [2.05, 4.69) is 79.0 Å². The Balaban J connectivity index is 1.17. The standard InChI is InChI=1S/C25H25N7O/c33-25(19-12-14-30(15-13-19)24-11-10-23-26-28-29-32(23)27-24)31-16-20-8-4-5-9-21(20)22(17-31)18-6-2-1-3-7-18/h1-11,19,22H,12-17H2/t22-/m1/s1. The molecule has 4 aromatic rings. The first-order chi connectivity index (χ1) is 16.3.